The third-order valence-corrected chi connectivity index (χ3v) is 1.77. The van der Waals surface area contributed by atoms with Gasteiger partial charge in [-0.3, -0.25) is 4.79 Å². The van der Waals surface area contributed by atoms with Crippen molar-refractivity contribution in [3.05, 3.63) is 0 Å². The van der Waals surface area contributed by atoms with Gasteiger partial charge < -0.3 is 5.11 Å². The van der Waals surface area contributed by atoms with Crippen molar-refractivity contribution in [1.29, 1.82) is 0 Å². The van der Waals surface area contributed by atoms with Gasteiger partial charge in [0.05, 0.1) is 0 Å². The van der Waals surface area contributed by atoms with E-state index in [9.17, 15) is 13.6 Å². The summed E-state index contributed by atoms with van der Waals surface area (Å²) in [6.45, 7) is 0. The molecule has 1 N–H and O–H groups in total. The molecule has 2 nitrogen and oxygen atoms in total. The number of alkyl halides is 3. The Morgan fingerprint density at radius 2 is 2.00 bits per heavy atom. The molecule has 0 spiro atoms. The molecule has 0 aromatic heterocycles. The lowest BCUT2D eigenvalue weighted by Crippen LogP contribution is -2.04. The zero-order valence-electron chi connectivity index (χ0n) is 4.14. The number of rotatable bonds is 1. The van der Waals surface area contributed by atoms with E-state index >= 15 is 0 Å². The fourth-order valence-corrected chi connectivity index (χ4v) is 0.918. The third-order valence-electron chi connectivity index (χ3n) is 1.23. The second-order valence-electron chi connectivity index (χ2n) is 1.89. The van der Waals surface area contributed by atoms with Gasteiger partial charge in [-0.05, 0) is 0 Å². The van der Waals surface area contributed by atoms with Crippen LogP contribution in [0, 0.1) is 5.92 Å². The highest BCUT2D eigenvalue weighted by Crippen LogP contribution is 2.52. The summed E-state index contributed by atoms with van der Waals surface area (Å²) in [4.78, 5) is 9.82. The molecule has 1 saturated carbocycles. The van der Waals surface area contributed by atoms with Crippen molar-refractivity contribution in [3.63, 3.8) is 0 Å². The van der Waals surface area contributed by atoms with Gasteiger partial charge in [0, 0.05) is 0 Å². The lowest BCUT2D eigenvalue weighted by atomic mass is 10.4. The lowest BCUT2D eigenvalue weighted by Gasteiger charge is -1.85. The van der Waals surface area contributed by atoms with E-state index in [4.69, 9.17) is 16.7 Å². The smallest absolute Gasteiger partial charge is 0.314 e. The molecule has 0 aromatic rings. The van der Waals surface area contributed by atoms with E-state index < -0.39 is 23.2 Å². The maximum Gasteiger partial charge on any atom is 0.314 e. The number of hydrogen-bond acceptors (Lipinski definition) is 1. The highest BCUT2D eigenvalue weighted by molar-refractivity contribution is 6.25. The molecule has 1 rings (SSSR count). The molecule has 52 valence electrons. The molecule has 0 bridgehead atoms. The molecule has 0 radical (unpaired) electrons. The number of carboxylic acids is 1. The van der Waals surface area contributed by atoms with E-state index in [0.717, 1.165) is 0 Å². The van der Waals surface area contributed by atoms with Crippen LogP contribution in [-0.4, -0.2) is 22.4 Å². The summed E-state index contributed by atoms with van der Waals surface area (Å²) in [5, 5.41) is 6.49. The van der Waals surface area contributed by atoms with Gasteiger partial charge in [0.1, 0.15) is 11.3 Å². The van der Waals surface area contributed by atoms with Gasteiger partial charge in [-0.15, -0.1) is 11.6 Å². The van der Waals surface area contributed by atoms with E-state index in [2.05, 4.69) is 0 Å². The van der Waals surface area contributed by atoms with E-state index in [1.165, 1.54) is 0 Å². The largest absolute Gasteiger partial charge is 0.481 e. The van der Waals surface area contributed by atoms with Gasteiger partial charge in [0.2, 0.25) is 0 Å². The average molecular weight is 157 g/mol. The summed E-state index contributed by atoms with van der Waals surface area (Å²) in [6.07, 6.45) is 0. The minimum absolute atomic E-state index is 1.50. The van der Waals surface area contributed by atoms with E-state index in [1.54, 1.807) is 0 Å². The van der Waals surface area contributed by atoms with Crippen LogP contribution in [-0.2, 0) is 4.79 Å². The first-order chi connectivity index (χ1) is 3.98. The van der Waals surface area contributed by atoms with Crippen LogP contribution in [0.15, 0.2) is 0 Å². The second kappa shape index (κ2) is 1.56. The van der Waals surface area contributed by atoms with Crippen LogP contribution in [0.5, 0.6) is 0 Å². The molecule has 5 heteroatoms. The van der Waals surface area contributed by atoms with Gasteiger partial charge >= 0.3 is 5.97 Å². The van der Waals surface area contributed by atoms with Gasteiger partial charge in [0.15, 0.2) is 0 Å². The van der Waals surface area contributed by atoms with Crippen molar-refractivity contribution in [2.24, 2.45) is 5.92 Å². The predicted octanol–water partition coefficient (Wildman–Crippen LogP) is 0.944. The molecule has 0 aliphatic heterocycles. The first-order valence-corrected chi connectivity index (χ1v) is 2.66. The van der Waals surface area contributed by atoms with Crippen molar-refractivity contribution < 1.29 is 18.7 Å². The monoisotopic (exact) mass is 156 g/mol. The first-order valence-electron chi connectivity index (χ1n) is 2.22. The van der Waals surface area contributed by atoms with Gasteiger partial charge in [-0.25, -0.2) is 8.78 Å². The fourth-order valence-electron chi connectivity index (χ4n) is 0.579. The van der Waals surface area contributed by atoms with E-state index in [-0.39, 0.29) is 0 Å². The summed E-state index contributed by atoms with van der Waals surface area (Å²) in [5.41, 5.74) is 0. The van der Waals surface area contributed by atoms with Crippen molar-refractivity contribution in [3.8, 4) is 0 Å². The molecule has 0 saturated heterocycles. The molecule has 0 amide bonds. The Balaban J connectivity index is 2.62. The van der Waals surface area contributed by atoms with Crippen LogP contribution in [0.4, 0.5) is 8.78 Å². The van der Waals surface area contributed by atoms with Crippen molar-refractivity contribution in [2.75, 3.05) is 0 Å². The Morgan fingerprint density at radius 3 is 2.00 bits per heavy atom. The summed E-state index contributed by atoms with van der Waals surface area (Å²) in [5.74, 6) is -6.38. The maximum absolute atomic E-state index is 11.9. The number of carbonyl (C=O) groups is 1. The summed E-state index contributed by atoms with van der Waals surface area (Å²) < 4.78 is 23.9. The molecular formula is C4H3ClF2O2. The molecule has 1 fully saturated rings. The Kier molecular flexibility index (Phi) is 1.17. The topological polar surface area (TPSA) is 37.3 Å². The molecule has 0 heterocycles. The SMILES string of the molecule is O=C(O)C1C(Cl)C1(F)F. The standard InChI is InChI=1S/C4H3ClF2O2/c5-2-1(3(8)9)4(2,6)7/h1-2H,(H,8,9). The van der Waals surface area contributed by atoms with E-state index in [0.29, 0.717) is 0 Å². The Labute approximate surface area is 54.4 Å². The number of carboxylic acid groups (broad SMARTS) is 1. The van der Waals surface area contributed by atoms with Crippen molar-refractivity contribution in [2.45, 2.75) is 11.3 Å². The number of aliphatic carboxylic acids is 1. The maximum atomic E-state index is 11.9. The van der Waals surface area contributed by atoms with Crippen molar-refractivity contribution >= 4 is 17.6 Å². The quantitative estimate of drug-likeness (QED) is 0.574. The Hall–Kier alpha value is -0.380. The molecule has 1 aliphatic rings. The first kappa shape index (κ1) is 6.74. The summed E-state index contributed by atoms with van der Waals surface area (Å²) in [6, 6.07) is 0. The molecular weight excluding hydrogens is 153 g/mol. The van der Waals surface area contributed by atoms with Crippen LogP contribution in [0.3, 0.4) is 0 Å². The van der Waals surface area contributed by atoms with E-state index in [1.807, 2.05) is 0 Å². The van der Waals surface area contributed by atoms with Crippen LogP contribution in [0.2, 0.25) is 0 Å². The normalized spacial score (nSPS) is 38.1. The molecule has 0 aromatic carbocycles. The van der Waals surface area contributed by atoms with Gasteiger partial charge in [0.25, 0.3) is 5.92 Å². The fraction of sp³-hybridized carbons (Fsp3) is 0.750. The summed E-state index contributed by atoms with van der Waals surface area (Å²) in [7, 11) is 0. The highest BCUT2D eigenvalue weighted by Gasteiger charge is 2.72. The van der Waals surface area contributed by atoms with Gasteiger partial charge in [-0.2, -0.15) is 0 Å². The zero-order chi connectivity index (χ0) is 7.23. The van der Waals surface area contributed by atoms with Crippen LogP contribution < -0.4 is 0 Å². The second-order valence-corrected chi connectivity index (χ2v) is 2.36. The minimum atomic E-state index is -3.19. The molecule has 2 unspecified atom stereocenters. The molecule has 1 aliphatic carbocycles. The minimum Gasteiger partial charge on any atom is -0.481 e. The molecule has 2 atom stereocenters. The highest BCUT2D eigenvalue weighted by atomic mass is 35.5. The lowest BCUT2D eigenvalue weighted by molar-refractivity contribution is -0.140. The van der Waals surface area contributed by atoms with Crippen LogP contribution >= 0.6 is 11.6 Å². The molecule has 9 heavy (non-hydrogen) atoms. The Morgan fingerprint density at radius 1 is 1.67 bits per heavy atom. The predicted molar refractivity (Wildman–Crippen MR) is 25.7 cm³/mol. The third kappa shape index (κ3) is 0.775. The number of halogens is 3. The van der Waals surface area contributed by atoms with Gasteiger partial charge in [-0.1, -0.05) is 0 Å². The van der Waals surface area contributed by atoms with Crippen molar-refractivity contribution in [1.82, 2.24) is 0 Å². The average Bonchev–Trinajstić information content (AvgIpc) is 2.07. The Bertz CT molecular complexity index is 159. The van der Waals surface area contributed by atoms with Crippen LogP contribution in [0.25, 0.3) is 0 Å². The summed E-state index contributed by atoms with van der Waals surface area (Å²) >= 11 is 4.91. The zero-order valence-corrected chi connectivity index (χ0v) is 4.90. The number of hydrogen-bond donors (Lipinski definition) is 1. The van der Waals surface area contributed by atoms with Crippen LogP contribution in [0.1, 0.15) is 0 Å².